The lowest BCUT2D eigenvalue weighted by atomic mass is 10.1. The van der Waals surface area contributed by atoms with E-state index in [-0.39, 0.29) is 17.8 Å². The van der Waals surface area contributed by atoms with Crippen LogP contribution in [0.4, 0.5) is 23.7 Å². The summed E-state index contributed by atoms with van der Waals surface area (Å²) in [5.41, 5.74) is 2.61. The summed E-state index contributed by atoms with van der Waals surface area (Å²) in [5.74, 6) is -1.24. The lowest BCUT2D eigenvalue weighted by Gasteiger charge is -2.29. The van der Waals surface area contributed by atoms with Crippen LogP contribution in [0.25, 0.3) is 0 Å². The van der Waals surface area contributed by atoms with E-state index in [1.54, 1.807) is 13.8 Å². The Balaban J connectivity index is 1.70. The van der Waals surface area contributed by atoms with E-state index in [9.17, 15) is 27.9 Å². The van der Waals surface area contributed by atoms with E-state index < -0.39 is 17.1 Å². The Morgan fingerprint density at radius 1 is 1.00 bits per heavy atom. The number of ether oxygens (including phenoxy) is 1. The van der Waals surface area contributed by atoms with Crippen molar-refractivity contribution in [2.75, 3.05) is 11.9 Å². The van der Waals surface area contributed by atoms with Gasteiger partial charge in [-0.1, -0.05) is 45.1 Å². The number of halogens is 3. The van der Waals surface area contributed by atoms with Gasteiger partial charge in [0, 0.05) is 23.2 Å². The third kappa shape index (κ3) is 9.37. The normalized spacial score (nSPS) is 15.1. The second kappa shape index (κ2) is 13.5. The number of carboxylic acids is 1. The molecule has 1 aliphatic carbocycles. The predicted octanol–water partition coefficient (Wildman–Crippen LogP) is 7.90. The van der Waals surface area contributed by atoms with Crippen LogP contribution in [0.5, 0.6) is 5.75 Å². The third-order valence-electron chi connectivity index (χ3n) is 6.77. The summed E-state index contributed by atoms with van der Waals surface area (Å²) in [7, 11) is 0. The Morgan fingerprint density at radius 3 is 2.28 bits per heavy atom. The van der Waals surface area contributed by atoms with Crippen molar-refractivity contribution in [2.45, 2.75) is 94.2 Å². The van der Waals surface area contributed by atoms with E-state index in [4.69, 9.17) is 0 Å². The number of fused-ring (bicyclic) bond motifs is 1. The molecule has 0 aromatic heterocycles. The van der Waals surface area contributed by atoms with Crippen LogP contribution in [0, 0.1) is 0 Å². The number of rotatable bonds is 13. The van der Waals surface area contributed by atoms with E-state index in [0.29, 0.717) is 25.1 Å². The third-order valence-corrected chi connectivity index (χ3v) is 7.94. The number of urea groups is 1. The van der Waals surface area contributed by atoms with Crippen LogP contribution < -0.4 is 10.1 Å². The standard InChI is InChI=1S/C29H37F3N2O4S/c1-4-5-6-7-8-9-16-34(27(37)33-22-11-13-24(14-12-22)38-29(30,31)32)23-17-20-10-15-25(19-21(20)18-23)39-28(2,3)26(35)36/h10-15,19,23H,4-9,16-18H2,1-3H3,(H,33,37)(H,35,36). The van der Waals surface area contributed by atoms with Gasteiger partial charge in [-0.3, -0.25) is 4.79 Å². The molecule has 0 spiro atoms. The second-order valence-corrected chi connectivity index (χ2v) is 12.1. The fraction of sp³-hybridized carbons (Fsp3) is 0.517. The average molecular weight is 567 g/mol. The minimum atomic E-state index is -4.78. The zero-order valence-corrected chi connectivity index (χ0v) is 23.5. The SMILES string of the molecule is CCCCCCCCN(C(=O)Nc1ccc(OC(F)(F)F)cc1)C1Cc2ccc(SC(C)(C)C(=O)O)cc2C1. The molecule has 1 unspecified atom stereocenters. The van der Waals surface area contributed by atoms with Gasteiger partial charge in [0.2, 0.25) is 0 Å². The highest BCUT2D eigenvalue weighted by Gasteiger charge is 2.33. The van der Waals surface area contributed by atoms with E-state index in [1.165, 1.54) is 42.4 Å². The number of unbranched alkanes of at least 4 members (excludes halogenated alkanes) is 5. The molecule has 6 nitrogen and oxygen atoms in total. The number of aliphatic carboxylic acids is 1. The zero-order valence-electron chi connectivity index (χ0n) is 22.6. The van der Waals surface area contributed by atoms with Crippen molar-refractivity contribution in [2.24, 2.45) is 0 Å². The minimum absolute atomic E-state index is 0.0730. The molecule has 0 fully saturated rings. The molecule has 1 atom stereocenters. The largest absolute Gasteiger partial charge is 0.573 e. The number of carbonyl (C=O) groups excluding carboxylic acids is 1. The number of alkyl halides is 3. The number of benzene rings is 2. The first-order valence-electron chi connectivity index (χ1n) is 13.4. The smallest absolute Gasteiger partial charge is 0.480 e. The molecule has 10 heteroatoms. The van der Waals surface area contributed by atoms with Gasteiger partial charge >= 0.3 is 18.4 Å². The molecule has 2 aromatic rings. The molecule has 1 aliphatic rings. The van der Waals surface area contributed by atoms with Gasteiger partial charge < -0.3 is 20.1 Å². The Hall–Kier alpha value is -2.88. The number of hydrogen-bond donors (Lipinski definition) is 2. The lowest BCUT2D eigenvalue weighted by molar-refractivity contribution is -0.274. The minimum Gasteiger partial charge on any atom is -0.480 e. The van der Waals surface area contributed by atoms with Crippen molar-refractivity contribution in [3.8, 4) is 5.75 Å². The fourth-order valence-electron chi connectivity index (χ4n) is 4.64. The number of amides is 2. The summed E-state index contributed by atoms with van der Waals surface area (Å²) in [6.07, 6.45) is 3.04. The maximum absolute atomic E-state index is 13.4. The van der Waals surface area contributed by atoms with Crippen LogP contribution in [-0.4, -0.2) is 45.7 Å². The number of thioether (sulfide) groups is 1. The molecule has 2 N–H and O–H groups in total. The van der Waals surface area contributed by atoms with Gasteiger partial charge in [-0.2, -0.15) is 0 Å². The van der Waals surface area contributed by atoms with Crippen LogP contribution in [0.2, 0.25) is 0 Å². The molecule has 0 bridgehead atoms. The number of hydrogen-bond acceptors (Lipinski definition) is 4. The Morgan fingerprint density at radius 2 is 1.64 bits per heavy atom. The van der Waals surface area contributed by atoms with Crippen molar-refractivity contribution >= 4 is 29.4 Å². The predicted molar refractivity (Wildman–Crippen MR) is 147 cm³/mol. The maximum atomic E-state index is 13.4. The molecule has 0 radical (unpaired) electrons. The molecule has 0 saturated carbocycles. The first-order chi connectivity index (χ1) is 18.4. The van der Waals surface area contributed by atoms with Crippen LogP contribution in [0.3, 0.4) is 0 Å². The quantitative estimate of drug-likeness (QED) is 0.190. The van der Waals surface area contributed by atoms with Gasteiger partial charge in [0.15, 0.2) is 0 Å². The van der Waals surface area contributed by atoms with E-state index in [2.05, 4.69) is 17.0 Å². The Kier molecular flexibility index (Phi) is 10.6. The van der Waals surface area contributed by atoms with Crippen molar-refractivity contribution in [3.05, 3.63) is 53.6 Å². The highest BCUT2D eigenvalue weighted by atomic mass is 32.2. The molecule has 214 valence electrons. The van der Waals surface area contributed by atoms with Crippen LogP contribution >= 0.6 is 11.8 Å². The molecule has 2 amide bonds. The number of carboxylic acid groups (broad SMARTS) is 1. The highest BCUT2D eigenvalue weighted by molar-refractivity contribution is 8.01. The summed E-state index contributed by atoms with van der Waals surface area (Å²) < 4.78 is 40.4. The fourth-order valence-corrected chi connectivity index (χ4v) is 5.65. The van der Waals surface area contributed by atoms with Crippen LogP contribution in [0.1, 0.15) is 70.4 Å². The van der Waals surface area contributed by atoms with Gasteiger partial charge in [0.05, 0.1) is 0 Å². The number of nitrogens with zero attached hydrogens (tertiary/aromatic N) is 1. The maximum Gasteiger partial charge on any atom is 0.573 e. The molecule has 0 aliphatic heterocycles. The lowest BCUT2D eigenvalue weighted by Crippen LogP contribution is -2.44. The first-order valence-corrected chi connectivity index (χ1v) is 14.2. The second-order valence-electron chi connectivity index (χ2n) is 10.4. The van der Waals surface area contributed by atoms with Gasteiger partial charge in [0.1, 0.15) is 10.5 Å². The van der Waals surface area contributed by atoms with Crippen molar-refractivity contribution in [1.29, 1.82) is 0 Å². The van der Waals surface area contributed by atoms with Gasteiger partial charge in [-0.05, 0) is 80.6 Å². The zero-order chi connectivity index (χ0) is 28.6. The molecular weight excluding hydrogens is 529 g/mol. The van der Waals surface area contributed by atoms with Gasteiger partial charge in [-0.25, -0.2) is 4.79 Å². The van der Waals surface area contributed by atoms with Crippen LogP contribution in [0.15, 0.2) is 47.4 Å². The number of anilines is 1. The summed E-state index contributed by atoms with van der Waals surface area (Å²) in [6, 6.07) is 10.7. The van der Waals surface area contributed by atoms with Crippen molar-refractivity contribution in [3.63, 3.8) is 0 Å². The molecule has 0 saturated heterocycles. The Labute approximate surface area is 232 Å². The first kappa shape index (κ1) is 30.7. The number of nitrogens with one attached hydrogen (secondary N) is 1. The molecule has 0 heterocycles. The summed E-state index contributed by atoms with van der Waals surface area (Å²) in [5, 5.41) is 12.3. The monoisotopic (exact) mass is 566 g/mol. The van der Waals surface area contributed by atoms with E-state index >= 15 is 0 Å². The molecule has 39 heavy (non-hydrogen) atoms. The van der Waals surface area contributed by atoms with Crippen LogP contribution in [-0.2, 0) is 17.6 Å². The molecule has 3 rings (SSSR count). The Bertz CT molecular complexity index is 1120. The summed E-state index contributed by atoms with van der Waals surface area (Å²) in [4.78, 5) is 27.7. The van der Waals surface area contributed by atoms with E-state index in [1.807, 2.05) is 23.1 Å². The van der Waals surface area contributed by atoms with Gasteiger partial charge in [0.25, 0.3) is 0 Å². The van der Waals surface area contributed by atoms with E-state index in [0.717, 1.165) is 48.1 Å². The number of carbonyl (C=O) groups is 2. The molecule has 2 aromatic carbocycles. The summed E-state index contributed by atoms with van der Waals surface area (Å²) >= 11 is 1.29. The summed E-state index contributed by atoms with van der Waals surface area (Å²) in [6.45, 7) is 6.08. The van der Waals surface area contributed by atoms with Gasteiger partial charge in [-0.15, -0.1) is 24.9 Å². The molecular formula is C29H37F3N2O4S. The highest BCUT2D eigenvalue weighted by Crippen LogP contribution is 2.36. The topological polar surface area (TPSA) is 78.9 Å². The van der Waals surface area contributed by atoms with Crippen molar-refractivity contribution < 1.29 is 32.6 Å². The van der Waals surface area contributed by atoms with Crippen molar-refractivity contribution in [1.82, 2.24) is 4.90 Å². The average Bonchev–Trinajstić information content (AvgIpc) is 3.26.